The number of para-hydroxylation sites is 1. The molecule has 1 fully saturated rings. The summed E-state index contributed by atoms with van der Waals surface area (Å²) >= 11 is 0. The number of nitrogens with one attached hydrogen (secondary N) is 2. The molecule has 2 aliphatic heterocycles. The van der Waals surface area contributed by atoms with Gasteiger partial charge in [-0.1, -0.05) is 60.7 Å². The number of anilines is 1. The first-order chi connectivity index (χ1) is 22.8. The predicted octanol–water partition coefficient (Wildman–Crippen LogP) is 1.46. The molecule has 3 aromatic rings. The lowest BCUT2D eigenvalue weighted by molar-refractivity contribution is -0.137. The fraction of sp³-hybridized carbons (Fsp3) is 0.273. The van der Waals surface area contributed by atoms with E-state index in [2.05, 4.69) is 15.6 Å². The van der Waals surface area contributed by atoms with E-state index < -0.39 is 68.2 Å². The monoisotopic (exact) mass is 675 g/mol. The molecule has 1 unspecified atom stereocenters. The molecule has 0 aromatic heterocycles. The van der Waals surface area contributed by atoms with Crippen molar-refractivity contribution in [2.45, 2.75) is 44.4 Å². The van der Waals surface area contributed by atoms with Crippen molar-refractivity contribution < 1.29 is 43.4 Å². The van der Waals surface area contributed by atoms with Crippen molar-refractivity contribution in [2.24, 2.45) is 4.99 Å². The third-order valence-corrected chi connectivity index (χ3v) is 9.18. The summed E-state index contributed by atoms with van der Waals surface area (Å²) in [4.78, 5) is 93.0. The van der Waals surface area contributed by atoms with E-state index in [9.17, 15) is 43.4 Å². The minimum atomic E-state index is -5.37. The van der Waals surface area contributed by atoms with Gasteiger partial charge in [0.15, 0.2) is 0 Å². The van der Waals surface area contributed by atoms with Crippen LogP contribution in [-0.4, -0.2) is 85.9 Å². The maximum absolute atomic E-state index is 14.3. The molecule has 250 valence electrons. The Hall–Kier alpha value is -5.01. The Balaban J connectivity index is 1.57. The number of phenols is 1. The normalized spacial score (nSPS) is 18.3. The highest BCUT2D eigenvalue weighted by Crippen LogP contribution is 2.42. The number of amides is 3. The highest BCUT2D eigenvalue weighted by molar-refractivity contribution is 7.50. The van der Waals surface area contributed by atoms with E-state index in [4.69, 9.17) is 0 Å². The molecule has 2 aliphatic rings. The number of fused-ring (bicyclic) bond motifs is 1. The first-order valence-electron chi connectivity index (χ1n) is 15.1. The highest BCUT2D eigenvalue weighted by Gasteiger charge is 2.42. The van der Waals surface area contributed by atoms with E-state index in [0.717, 1.165) is 18.2 Å². The van der Waals surface area contributed by atoms with Gasteiger partial charge in [0.2, 0.25) is 29.5 Å². The van der Waals surface area contributed by atoms with Crippen molar-refractivity contribution in [3.05, 3.63) is 95.6 Å². The Kier molecular flexibility index (Phi) is 10.3. The topological polar surface area (TPSA) is 206 Å². The van der Waals surface area contributed by atoms with E-state index in [-0.39, 0.29) is 21.8 Å². The third-order valence-electron chi connectivity index (χ3n) is 8.05. The first kappa shape index (κ1) is 34.3. The van der Waals surface area contributed by atoms with Crippen LogP contribution in [0.25, 0.3) is 0 Å². The number of benzene rings is 3. The van der Waals surface area contributed by atoms with Crippen LogP contribution < -0.4 is 15.5 Å². The average molecular weight is 676 g/mol. The lowest BCUT2D eigenvalue weighted by atomic mass is 10.00. The lowest BCUT2D eigenvalue weighted by Gasteiger charge is -2.31. The molecule has 0 spiro atoms. The molecule has 3 atom stereocenters. The largest absolute Gasteiger partial charge is 0.508 e. The summed E-state index contributed by atoms with van der Waals surface area (Å²) < 4.78 is 12.6. The summed E-state index contributed by atoms with van der Waals surface area (Å²) in [5.41, 5.74) is 1.83. The van der Waals surface area contributed by atoms with Gasteiger partial charge in [0.1, 0.15) is 11.8 Å². The molecule has 14 nitrogen and oxygen atoms in total. The molecule has 0 saturated carbocycles. The third kappa shape index (κ3) is 7.58. The van der Waals surface area contributed by atoms with Gasteiger partial charge in [0, 0.05) is 24.5 Å². The molecule has 3 aromatic carbocycles. The van der Waals surface area contributed by atoms with E-state index in [0.29, 0.717) is 29.7 Å². The van der Waals surface area contributed by atoms with Crippen LogP contribution in [-0.2, 0) is 35.0 Å². The van der Waals surface area contributed by atoms with Crippen molar-refractivity contribution in [2.75, 3.05) is 18.0 Å². The Morgan fingerprint density at radius 2 is 1.69 bits per heavy atom. The van der Waals surface area contributed by atoms with Gasteiger partial charge in [-0.25, -0.2) is 14.2 Å². The molecule has 0 bridgehead atoms. The van der Waals surface area contributed by atoms with Crippen LogP contribution >= 0.6 is 7.75 Å². The van der Waals surface area contributed by atoms with Gasteiger partial charge in [-0.3, -0.25) is 24.0 Å². The number of hydrogen-bond acceptors (Lipinski definition) is 9. The van der Waals surface area contributed by atoms with Gasteiger partial charge in [-0.15, -0.1) is 0 Å². The molecule has 48 heavy (non-hydrogen) atoms. The van der Waals surface area contributed by atoms with Crippen LogP contribution in [0.2, 0.25) is 0 Å². The maximum atomic E-state index is 14.3. The van der Waals surface area contributed by atoms with Gasteiger partial charge in [-0.2, -0.15) is 0 Å². The molecule has 0 radical (unpaired) electrons. The van der Waals surface area contributed by atoms with Gasteiger partial charge >= 0.3 is 7.75 Å². The number of ketones is 2. The molecule has 5 N–H and O–H groups in total. The maximum Gasteiger partial charge on any atom is 0.433 e. The molecule has 0 aliphatic carbocycles. The Morgan fingerprint density at radius 1 is 1.02 bits per heavy atom. The zero-order chi connectivity index (χ0) is 34.6. The Morgan fingerprint density at radius 3 is 2.31 bits per heavy atom. The zero-order valence-corrected chi connectivity index (χ0v) is 26.7. The number of phenolic OH excluding ortho intramolecular Hbond substituents is 1. The number of hydrogen-bond donors (Lipinski definition) is 5. The summed E-state index contributed by atoms with van der Waals surface area (Å²) in [6.45, 7) is 0.809. The van der Waals surface area contributed by atoms with Crippen molar-refractivity contribution in [3.8, 4) is 5.75 Å². The predicted molar refractivity (Wildman–Crippen MR) is 174 cm³/mol. The van der Waals surface area contributed by atoms with Gasteiger partial charge in [0.05, 0.1) is 24.0 Å². The minimum Gasteiger partial charge on any atom is -0.508 e. The average Bonchev–Trinajstić information content (AvgIpc) is 3.57. The molecule has 1 saturated heterocycles. The summed E-state index contributed by atoms with van der Waals surface area (Å²) in [6.07, 6.45) is -0.961. The molecule has 3 amide bonds. The van der Waals surface area contributed by atoms with Crippen LogP contribution in [0.1, 0.15) is 36.5 Å². The van der Waals surface area contributed by atoms with Crippen LogP contribution in [0.5, 0.6) is 5.75 Å². The number of nitrogens with zero attached hydrogens (tertiary/aromatic N) is 3. The van der Waals surface area contributed by atoms with Crippen molar-refractivity contribution in [3.63, 3.8) is 0 Å². The summed E-state index contributed by atoms with van der Waals surface area (Å²) in [5, 5.41) is 15.1. The van der Waals surface area contributed by atoms with E-state index in [1.807, 2.05) is 0 Å². The fourth-order valence-electron chi connectivity index (χ4n) is 5.80. The molecule has 15 heteroatoms. The first-order valence-corrected chi connectivity index (χ1v) is 16.7. The second-order valence-electron chi connectivity index (χ2n) is 11.4. The number of Topliss-reactive ketones (excluding diaryl/α,β-unsaturated/α-hetero) is 2. The Labute approximate surface area is 275 Å². The summed E-state index contributed by atoms with van der Waals surface area (Å²) in [7, 11) is -5.37. The second kappa shape index (κ2) is 14.4. The van der Waals surface area contributed by atoms with Crippen molar-refractivity contribution >= 4 is 48.4 Å². The van der Waals surface area contributed by atoms with Crippen LogP contribution in [0.4, 0.5) is 5.69 Å². The molecule has 5 rings (SSSR count). The van der Waals surface area contributed by atoms with Gasteiger partial charge in [0.25, 0.3) is 5.91 Å². The Bertz CT molecular complexity index is 1800. The van der Waals surface area contributed by atoms with E-state index in [1.165, 1.54) is 24.3 Å². The minimum absolute atomic E-state index is 0.0959. The van der Waals surface area contributed by atoms with Crippen molar-refractivity contribution in [1.29, 1.82) is 0 Å². The number of rotatable bonds is 11. The van der Waals surface area contributed by atoms with Gasteiger partial charge < -0.3 is 30.4 Å². The number of benzodiazepines with no additional fused rings is 1. The van der Waals surface area contributed by atoms with Crippen LogP contribution in [0.3, 0.4) is 0 Å². The van der Waals surface area contributed by atoms with E-state index in [1.54, 1.807) is 54.6 Å². The summed E-state index contributed by atoms with van der Waals surface area (Å²) in [6, 6.07) is 18.3. The number of aliphatic imine (C=N–C) groups is 1. The summed E-state index contributed by atoms with van der Waals surface area (Å²) in [5.74, 6) is -4.74. The standard InChI is InChI=1S/C33H34N5O9P/c1-20(39)38(48(45,46)47)27(18-21-13-15-23(40)16-14-21)32(43)36-31-33(44)37(19-28(41)30(42)25-11-7-17-34-25)26-12-6-5-10-24(26)29(35-31)22-8-3-2-4-9-22/h2-6,8-10,12-16,25,27,31,34,40H,7,11,17-19H2,1H3,(H,36,43)(H2,45,46,47)/t25-,27-,31?/m0/s1. The molecular weight excluding hydrogens is 641 g/mol. The molecule has 2 heterocycles. The number of aromatic hydroxyl groups is 1. The lowest BCUT2D eigenvalue weighted by Crippen LogP contribution is -2.55. The molecular formula is C33H34N5O9P. The highest BCUT2D eigenvalue weighted by atomic mass is 31.2. The van der Waals surface area contributed by atoms with Gasteiger partial charge in [-0.05, 0) is 43.1 Å². The van der Waals surface area contributed by atoms with Crippen LogP contribution in [0, 0.1) is 0 Å². The number of carbonyl (C=O) groups is 5. The van der Waals surface area contributed by atoms with E-state index >= 15 is 0 Å². The van der Waals surface area contributed by atoms with Crippen molar-refractivity contribution in [1.82, 2.24) is 15.3 Å². The fourth-order valence-corrected chi connectivity index (χ4v) is 6.71. The van der Waals surface area contributed by atoms with Crippen LogP contribution in [0.15, 0.2) is 83.9 Å². The quantitative estimate of drug-likeness (QED) is 0.146. The SMILES string of the molecule is CC(=O)N([C@@H](Cc1ccc(O)cc1)C(=O)NC1N=C(c2ccccc2)c2ccccc2N(CC(=O)C(=O)[C@@H]2CCCN2)C1=O)P(=O)(O)O. The second-order valence-corrected chi connectivity index (χ2v) is 12.9. The zero-order valence-electron chi connectivity index (χ0n) is 25.9. The smallest absolute Gasteiger partial charge is 0.433 e. The number of carbonyl (C=O) groups excluding carboxylic acids is 5.